The van der Waals surface area contributed by atoms with E-state index in [9.17, 15) is 40.3 Å². The Labute approximate surface area is 250 Å². The van der Waals surface area contributed by atoms with Crippen LogP contribution in [0.15, 0.2) is 47.1 Å². The summed E-state index contributed by atoms with van der Waals surface area (Å²) in [5.41, 5.74) is 1.23. The minimum Gasteiger partial charge on any atom is -0.368 e. The van der Waals surface area contributed by atoms with Gasteiger partial charge in [0.25, 0.3) is 0 Å². The fraction of sp³-hybridized carbons (Fsp3) is 0.452. The Kier molecular flexibility index (Phi) is 8.53. The number of rotatable bonds is 6. The number of primary amides is 1. The van der Waals surface area contributed by atoms with Crippen molar-refractivity contribution in [3.05, 3.63) is 75.7 Å². The first kappa shape index (κ1) is 33.2. The molecular formula is C31H33F7N4O2. The lowest BCUT2D eigenvalue weighted by Crippen LogP contribution is -2.53. The second-order valence-corrected chi connectivity index (χ2v) is 12.1. The summed E-state index contributed by atoms with van der Waals surface area (Å²) >= 11 is 0. The molecule has 0 aromatic heterocycles. The molecule has 2 aliphatic heterocycles. The molecule has 4 rings (SSSR count). The van der Waals surface area contributed by atoms with Gasteiger partial charge in [-0.25, -0.2) is 4.39 Å². The molecule has 0 saturated carbocycles. The number of alkyl halides is 6. The summed E-state index contributed by atoms with van der Waals surface area (Å²) in [6, 6.07) is 4.54. The number of nitrogens with zero attached hydrogens (tertiary/aromatic N) is 2. The summed E-state index contributed by atoms with van der Waals surface area (Å²) in [6.07, 6.45) is -7.45. The number of carbonyl (C=O) groups excluding carboxylic acids is 2. The Bertz CT molecular complexity index is 1510. The first-order valence-electron chi connectivity index (χ1n) is 13.8. The van der Waals surface area contributed by atoms with Gasteiger partial charge in [-0.3, -0.25) is 19.9 Å². The van der Waals surface area contributed by atoms with Crippen LogP contribution in [0.3, 0.4) is 0 Å². The van der Waals surface area contributed by atoms with Crippen LogP contribution in [-0.4, -0.2) is 47.6 Å². The molecule has 3 N–H and O–H groups in total. The number of carbonyl (C=O) groups is 2. The number of nitrogens with two attached hydrogens (primary N) is 1. The molecule has 2 amide bonds. The van der Waals surface area contributed by atoms with Crippen LogP contribution in [0.2, 0.25) is 0 Å². The molecule has 1 fully saturated rings. The highest BCUT2D eigenvalue weighted by molar-refractivity contribution is 6.00. The van der Waals surface area contributed by atoms with Crippen molar-refractivity contribution in [3.8, 4) is 0 Å². The van der Waals surface area contributed by atoms with Crippen molar-refractivity contribution in [3.63, 3.8) is 0 Å². The normalized spacial score (nSPS) is 22.8. The number of allylic oxidation sites excluding steroid dienone is 1. The van der Waals surface area contributed by atoms with Gasteiger partial charge in [0, 0.05) is 19.3 Å². The molecule has 0 aliphatic carbocycles. The van der Waals surface area contributed by atoms with Crippen molar-refractivity contribution < 1.29 is 40.3 Å². The van der Waals surface area contributed by atoms with Gasteiger partial charge in [0.15, 0.2) is 0 Å². The van der Waals surface area contributed by atoms with Gasteiger partial charge in [0.05, 0.1) is 33.8 Å². The Hall–Kier alpha value is -3.74. The largest absolute Gasteiger partial charge is 0.416 e. The number of dihydropyridines is 1. The van der Waals surface area contributed by atoms with Crippen molar-refractivity contribution in [1.82, 2.24) is 10.2 Å². The molecule has 2 heterocycles. The number of hydrogen-bond acceptors (Lipinski definition) is 4. The minimum atomic E-state index is -5.08. The van der Waals surface area contributed by atoms with E-state index in [0.717, 1.165) is 4.90 Å². The number of likely N-dealkylation sites (N-methyl/N-ethyl adjacent to an activating group) is 1. The predicted octanol–water partition coefficient (Wildman–Crippen LogP) is 6.16. The highest BCUT2D eigenvalue weighted by Crippen LogP contribution is 2.41. The van der Waals surface area contributed by atoms with Crippen LogP contribution >= 0.6 is 0 Å². The number of benzene rings is 2. The van der Waals surface area contributed by atoms with E-state index in [1.807, 2.05) is 0 Å². The van der Waals surface area contributed by atoms with Crippen LogP contribution < -0.4 is 11.1 Å². The third-order valence-electron chi connectivity index (χ3n) is 8.60. The molecule has 2 aromatic rings. The van der Waals surface area contributed by atoms with E-state index in [-0.39, 0.29) is 24.2 Å². The Morgan fingerprint density at radius 1 is 1.00 bits per heavy atom. The van der Waals surface area contributed by atoms with Crippen molar-refractivity contribution in [1.29, 1.82) is 0 Å². The summed E-state index contributed by atoms with van der Waals surface area (Å²) < 4.78 is 95.6. The molecule has 2 aliphatic rings. The van der Waals surface area contributed by atoms with Gasteiger partial charge >= 0.3 is 12.4 Å². The highest BCUT2D eigenvalue weighted by Gasteiger charge is 2.44. The Morgan fingerprint density at radius 3 is 2.07 bits per heavy atom. The van der Waals surface area contributed by atoms with Gasteiger partial charge in [-0.1, -0.05) is 6.07 Å². The molecule has 0 spiro atoms. The van der Waals surface area contributed by atoms with E-state index in [4.69, 9.17) is 5.73 Å². The Balaban J connectivity index is 1.77. The third kappa shape index (κ3) is 6.38. The van der Waals surface area contributed by atoms with E-state index in [2.05, 4.69) is 10.3 Å². The Morgan fingerprint density at radius 2 is 1.57 bits per heavy atom. The number of amides is 2. The van der Waals surface area contributed by atoms with Crippen LogP contribution in [0.5, 0.6) is 0 Å². The van der Waals surface area contributed by atoms with Crippen LogP contribution in [0, 0.1) is 12.7 Å². The third-order valence-corrected chi connectivity index (χ3v) is 8.60. The topological polar surface area (TPSA) is 87.8 Å². The first-order chi connectivity index (χ1) is 20.1. The van der Waals surface area contributed by atoms with Gasteiger partial charge in [-0.05, 0) is 99.6 Å². The zero-order valence-electron chi connectivity index (χ0n) is 24.8. The number of hydrogen-bond donors (Lipinski definition) is 2. The number of aryl methyl sites for hydroxylation is 1. The smallest absolute Gasteiger partial charge is 0.368 e. The molecule has 6 nitrogen and oxygen atoms in total. The minimum absolute atomic E-state index is 0.0138. The average Bonchev–Trinajstić information content (AvgIpc) is 3.34. The zero-order valence-corrected chi connectivity index (χ0v) is 24.8. The highest BCUT2D eigenvalue weighted by atomic mass is 19.4. The molecule has 13 heteroatoms. The van der Waals surface area contributed by atoms with E-state index in [1.165, 1.54) is 45.3 Å². The molecule has 44 heavy (non-hydrogen) atoms. The maximum absolute atomic E-state index is 14.0. The summed E-state index contributed by atoms with van der Waals surface area (Å²) in [6.45, 7) is 5.87. The summed E-state index contributed by atoms with van der Waals surface area (Å²) in [4.78, 5) is 31.7. The lowest BCUT2D eigenvalue weighted by Gasteiger charge is -2.35. The monoisotopic (exact) mass is 626 g/mol. The number of aliphatic imine (C=N–C) groups is 1. The molecule has 1 saturated heterocycles. The van der Waals surface area contributed by atoms with Crippen molar-refractivity contribution in [2.24, 2.45) is 10.7 Å². The molecule has 1 unspecified atom stereocenters. The molecule has 3 atom stereocenters. The van der Waals surface area contributed by atoms with Crippen LogP contribution in [-0.2, 0) is 27.4 Å². The molecular weight excluding hydrogens is 593 g/mol. The van der Waals surface area contributed by atoms with Crippen molar-refractivity contribution in [2.75, 3.05) is 7.05 Å². The lowest BCUT2D eigenvalue weighted by molar-refractivity contribution is -0.143. The zero-order chi connectivity index (χ0) is 33.0. The van der Waals surface area contributed by atoms with Gasteiger partial charge in [-0.15, -0.1) is 0 Å². The SMILES string of the molecule is Cc1cc(F)ccc1C1=C(N(C)C(=O)C(C)(C)c2cc(C(F)(F)F)cc(C(F)(F)F)c2)C=NC([C@H]2CC[C@@](C)(C(N)=O)N2)C1. The van der Waals surface area contributed by atoms with Crippen LogP contribution in [0.25, 0.3) is 5.57 Å². The summed E-state index contributed by atoms with van der Waals surface area (Å²) in [5.74, 6) is -1.79. The predicted molar refractivity (Wildman–Crippen MR) is 151 cm³/mol. The maximum atomic E-state index is 14.0. The summed E-state index contributed by atoms with van der Waals surface area (Å²) in [5, 5.41) is 3.24. The molecule has 2 aromatic carbocycles. The molecule has 0 radical (unpaired) electrons. The second kappa shape index (κ2) is 11.3. The van der Waals surface area contributed by atoms with Crippen LogP contribution in [0.1, 0.15) is 67.9 Å². The van der Waals surface area contributed by atoms with E-state index >= 15 is 0 Å². The average molecular weight is 627 g/mol. The van der Waals surface area contributed by atoms with Gasteiger partial charge in [-0.2, -0.15) is 26.3 Å². The summed E-state index contributed by atoms with van der Waals surface area (Å²) in [7, 11) is 1.36. The van der Waals surface area contributed by atoms with Crippen molar-refractivity contribution in [2.45, 2.75) is 82.3 Å². The fourth-order valence-corrected chi connectivity index (χ4v) is 5.81. The van der Waals surface area contributed by atoms with E-state index in [1.54, 1.807) is 13.8 Å². The van der Waals surface area contributed by atoms with Gasteiger partial charge in [0.2, 0.25) is 11.8 Å². The van der Waals surface area contributed by atoms with Crippen molar-refractivity contribution >= 4 is 23.6 Å². The van der Waals surface area contributed by atoms with Gasteiger partial charge in [0.1, 0.15) is 5.82 Å². The van der Waals surface area contributed by atoms with Crippen LogP contribution in [0.4, 0.5) is 30.7 Å². The number of nitrogens with one attached hydrogen (secondary N) is 1. The quantitative estimate of drug-likeness (QED) is 0.377. The maximum Gasteiger partial charge on any atom is 0.416 e. The fourth-order valence-electron chi connectivity index (χ4n) is 5.81. The first-order valence-corrected chi connectivity index (χ1v) is 13.8. The second-order valence-electron chi connectivity index (χ2n) is 12.1. The van der Waals surface area contributed by atoms with Gasteiger partial charge < -0.3 is 10.6 Å². The molecule has 0 bridgehead atoms. The molecule has 238 valence electrons. The standard InChI is InChI=1S/C31H33F7N4O2/c1-16-10-20(32)6-7-21(16)22-14-24(23-8-9-29(4,41-23)26(39)43)40-15-25(22)42(5)27(44)28(2,3)17-11-18(30(33,34)35)13-19(12-17)31(36,37)38/h6-7,10-13,15,23-24,41H,8-9,14H2,1-5H3,(H2,39,43)/t23-,24?,29+/m1/s1. The van der Waals surface area contributed by atoms with E-state index < -0.39 is 63.7 Å². The van der Waals surface area contributed by atoms with E-state index in [0.29, 0.717) is 41.7 Å². The lowest BCUT2D eigenvalue weighted by atomic mass is 9.81. The number of halogens is 7.